The lowest BCUT2D eigenvalue weighted by Crippen LogP contribution is -2.05. The zero-order chi connectivity index (χ0) is 12.7. The summed E-state index contributed by atoms with van der Waals surface area (Å²) in [6.07, 6.45) is 4.52. The highest BCUT2D eigenvalue weighted by Crippen LogP contribution is 2.04. The summed E-state index contributed by atoms with van der Waals surface area (Å²) in [5.41, 5.74) is 1.15. The lowest BCUT2D eigenvalue weighted by molar-refractivity contribution is 0.0594. The Kier molecular flexibility index (Phi) is 4.80. The van der Waals surface area contributed by atoms with Crippen LogP contribution >= 0.6 is 0 Å². The van der Waals surface area contributed by atoms with Crippen LogP contribution in [0.25, 0.3) is 0 Å². The zero-order valence-corrected chi connectivity index (χ0v) is 9.97. The molecule has 0 spiro atoms. The van der Waals surface area contributed by atoms with Crippen molar-refractivity contribution in [3.8, 4) is 0 Å². The third-order valence-corrected chi connectivity index (χ3v) is 1.70. The molecule has 0 saturated heterocycles. The van der Waals surface area contributed by atoms with Crippen LogP contribution in [-0.2, 0) is 4.74 Å². The maximum Gasteiger partial charge on any atom is 0.356 e. The predicted octanol–water partition coefficient (Wildman–Crippen LogP) is 1.63. The lowest BCUT2D eigenvalue weighted by Gasteiger charge is -2.01. The highest BCUT2D eigenvalue weighted by atomic mass is 16.5. The standard InChI is InChI=1S/C11H14N4O2/c1-8(2)12-4-5-13-10-6-9(11(16)17-3)14-7-15-10/h4-7H,1-3H3,(H,13,14,15)/b5-4-. The first-order chi connectivity index (χ1) is 8.13. The Balaban J connectivity index is 2.69. The van der Waals surface area contributed by atoms with Gasteiger partial charge < -0.3 is 10.1 Å². The van der Waals surface area contributed by atoms with Crippen molar-refractivity contribution in [3.63, 3.8) is 0 Å². The Hall–Kier alpha value is -2.24. The van der Waals surface area contributed by atoms with Crippen LogP contribution in [0.4, 0.5) is 5.82 Å². The van der Waals surface area contributed by atoms with Crippen LogP contribution in [0.1, 0.15) is 24.3 Å². The van der Waals surface area contributed by atoms with Gasteiger partial charge in [-0.2, -0.15) is 0 Å². The van der Waals surface area contributed by atoms with Crippen molar-refractivity contribution in [2.24, 2.45) is 4.99 Å². The fourth-order valence-corrected chi connectivity index (χ4v) is 0.961. The van der Waals surface area contributed by atoms with Crippen LogP contribution in [0.15, 0.2) is 29.8 Å². The summed E-state index contributed by atoms with van der Waals surface area (Å²) in [6.45, 7) is 3.79. The van der Waals surface area contributed by atoms with Crippen LogP contribution < -0.4 is 5.32 Å². The predicted molar refractivity (Wildman–Crippen MR) is 64.9 cm³/mol. The summed E-state index contributed by atoms with van der Waals surface area (Å²) < 4.78 is 4.55. The van der Waals surface area contributed by atoms with Gasteiger partial charge in [0.25, 0.3) is 0 Å². The van der Waals surface area contributed by atoms with Crippen LogP contribution in [0.3, 0.4) is 0 Å². The summed E-state index contributed by atoms with van der Waals surface area (Å²) in [4.78, 5) is 23.0. The second-order valence-corrected chi connectivity index (χ2v) is 3.32. The van der Waals surface area contributed by atoms with E-state index in [1.165, 1.54) is 19.5 Å². The Labute approximate surface area is 99.5 Å². The number of nitrogens with zero attached hydrogens (tertiary/aromatic N) is 3. The number of carbonyl (C=O) groups excluding carboxylic acids is 1. The van der Waals surface area contributed by atoms with E-state index in [0.717, 1.165) is 5.71 Å². The molecule has 0 saturated carbocycles. The van der Waals surface area contributed by atoms with E-state index < -0.39 is 5.97 Å². The molecule has 0 aliphatic rings. The second kappa shape index (κ2) is 6.37. The van der Waals surface area contributed by atoms with Crippen LogP contribution in [0.2, 0.25) is 0 Å². The Morgan fingerprint density at radius 1 is 1.47 bits per heavy atom. The molecule has 0 aromatic carbocycles. The van der Waals surface area contributed by atoms with E-state index in [-0.39, 0.29) is 5.69 Å². The molecule has 90 valence electrons. The van der Waals surface area contributed by atoms with Gasteiger partial charge in [-0.05, 0) is 13.8 Å². The molecule has 0 bridgehead atoms. The molecule has 0 fully saturated rings. The number of carbonyl (C=O) groups is 1. The van der Waals surface area contributed by atoms with Gasteiger partial charge in [0.15, 0.2) is 5.69 Å². The molecule has 1 aromatic heterocycles. The van der Waals surface area contributed by atoms with Gasteiger partial charge in [0.05, 0.1) is 7.11 Å². The van der Waals surface area contributed by atoms with Gasteiger partial charge in [-0.25, -0.2) is 14.8 Å². The highest BCUT2D eigenvalue weighted by Gasteiger charge is 2.07. The molecule has 1 heterocycles. The van der Waals surface area contributed by atoms with Gasteiger partial charge in [-0.15, -0.1) is 0 Å². The second-order valence-electron chi connectivity index (χ2n) is 3.32. The van der Waals surface area contributed by atoms with Crippen LogP contribution in [-0.4, -0.2) is 28.8 Å². The number of methoxy groups -OCH3 is 1. The topological polar surface area (TPSA) is 76.5 Å². The molecular formula is C11H14N4O2. The first-order valence-electron chi connectivity index (χ1n) is 4.96. The minimum atomic E-state index is -0.498. The smallest absolute Gasteiger partial charge is 0.356 e. The molecule has 1 aromatic rings. The van der Waals surface area contributed by atoms with Crippen molar-refractivity contribution in [2.75, 3.05) is 12.4 Å². The van der Waals surface area contributed by atoms with E-state index in [4.69, 9.17) is 0 Å². The molecule has 6 nitrogen and oxygen atoms in total. The van der Waals surface area contributed by atoms with Crippen molar-refractivity contribution in [3.05, 3.63) is 30.5 Å². The average Bonchev–Trinajstić information content (AvgIpc) is 2.34. The van der Waals surface area contributed by atoms with E-state index in [0.29, 0.717) is 5.82 Å². The maximum atomic E-state index is 11.2. The molecule has 6 heteroatoms. The summed E-state index contributed by atoms with van der Waals surface area (Å²) >= 11 is 0. The van der Waals surface area contributed by atoms with Gasteiger partial charge in [-0.1, -0.05) is 0 Å². The van der Waals surface area contributed by atoms with Crippen molar-refractivity contribution in [2.45, 2.75) is 13.8 Å². The van der Waals surface area contributed by atoms with Crippen molar-refractivity contribution >= 4 is 17.5 Å². The number of anilines is 1. The number of nitrogens with one attached hydrogen (secondary N) is 1. The van der Waals surface area contributed by atoms with Gasteiger partial charge in [0, 0.05) is 24.2 Å². The molecule has 0 unspecified atom stereocenters. The Bertz CT molecular complexity index is 451. The SMILES string of the molecule is COC(=O)c1cc(N/C=C\N=C(C)C)ncn1. The van der Waals surface area contributed by atoms with E-state index in [1.54, 1.807) is 12.4 Å². The first kappa shape index (κ1) is 12.8. The number of rotatable bonds is 4. The number of hydrogen-bond donors (Lipinski definition) is 1. The summed E-state index contributed by atoms with van der Waals surface area (Å²) in [7, 11) is 1.30. The van der Waals surface area contributed by atoms with Crippen molar-refractivity contribution < 1.29 is 9.53 Å². The average molecular weight is 234 g/mol. The number of aliphatic imine (C=N–C) groups is 1. The lowest BCUT2D eigenvalue weighted by atomic mass is 10.4. The molecular weight excluding hydrogens is 220 g/mol. The van der Waals surface area contributed by atoms with E-state index >= 15 is 0 Å². The quantitative estimate of drug-likeness (QED) is 0.633. The first-order valence-corrected chi connectivity index (χ1v) is 4.96. The van der Waals surface area contributed by atoms with E-state index in [1.807, 2.05) is 13.8 Å². The number of esters is 1. The van der Waals surface area contributed by atoms with E-state index in [2.05, 4.69) is 25.0 Å². The number of ether oxygens (including phenoxy) is 1. The molecule has 1 N–H and O–H groups in total. The Morgan fingerprint density at radius 2 is 2.24 bits per heavy atom. The summed E-state index contributed by atoms with van der Waals surface area (Å²) in [5.74, 6) is 0.00228. The van der Waals surface area contributed by atoms with E-state index in [9.17, 15) is 4.79 Å². The highest BCUT2D eigenvalue weighted by molar-refractivity contribution is 5.87. The van der Waals surface area contributed by atoms with Crippen molar-refractivity contribution in [1.82, 2.24) is 9.97 Å². The summed E-state index contributed by atoms with van der Waals surface area (Å²) in [5, 5.41) is 2.87. The molecule has 0 aliphatic carbocycles. The van der Waals surface area contributed by atoms with Gasteiger partial charge >= 0.3 is 5.97 Å². The normalized spacial score (nSPS) is 10.1. The van der Waals surface area contributed by atoms with Gasteiger partial charge in [0.2, 0.25) is 0 Å². The van der Waals surface area contributed by atoms with Crippen molar-refractivity contribution in [1.29, 1.82) is 0 Å². The zero-order valence-electron chi connectivity index (χ0n) is 9.97. The fraction of sp³-hybridized carbons (Fsp3) is 0.273. The molecule has 0 radical (unpaired) electrons. The third-order valence-electron chi connectivity index (χ3n) is 1.70. The maximum absolute atomic E-state index is 11.2. The minimum Gasteiger partial charge on any atom is -0.464 e. The molecule has 0 aliphatic heterocycles. The monoisotopic (exact) mass is 234 g/mol. The fourth-order valence-electron chi connectivity index (χ4n) is 0.961. The molecule has 1 rings (SSSR count). The third kappa shape index (κ3) is 4.42. The molecule has 17 heavy (non-hydrogen) atoms. The molecule has 0 atom stereocenters. The van der Waals surface area contributed by atoms with Crippen LogP contribution in [0.5, 0.6) is 0 Å². The van der Waals surface area contributed by atoms with Crippen LogP contribution in [0, 0.1) is 0 Å². The number of aromatic nitrogens is 2. The van der Waals surface area contributed by atoms with Gasteiger partial charge in [-0.3, -0.25) is 4.99 Å². The largest absolute Gasteiger partial charge is 0.464 e. The Morgan fingerprint density at radius 3 is 2.88 bits per heavy atom. The minimum absolute atomic E-state index is 0.202. The summed E-state index contributed by atoms with van der Waals surface area (Å²) in [6, 6.07) is 1.50. The van der Waals surface area contributed by atoms with Gasteiger partial charge in [0.1, 0.15) is 12.1 Å². The number of hydrogen-bond acceptors (Lipinski definition) is 6. The molecule has 0 amide bonds.